The first-order chi connectivity index (χ1) is 18.0. The van der Waals surface area contributed by atoms with E-state index in [4.69, 9.17) is 0 Å². The highest BCUT2D eigenvalue weighted by molar-refractivity contribution is 6.03. The van der Waals surface area contributed by atoms with Crippen molar-refractivity contribution in [2.45, 2.75) is 47.0 Å². The Labute approximate surface area is 221 Å². The number of hydrogen-bond acceptors (Lipinski definition) is 3. The smallest absolute Gasteiger partial charge is 0.303 e. The van der Waals surface area contributed by atoms with Gasteiger partial charge in [-0.15, -0.1) is 0 Å². The fourth-order valence-electron chi connectivity index (χ4n) is 4.93. The number of carbonyl (C=O) groups excluding carboxylic acids is 2. The molecule has 0 saturated carbocycles. The number of hydrogen-bond donors (Lipinski definition) is 5. The van der Waals surface area contributed by atoms with Gasteiger partial charge in [0.05, 0.1) is 5.70 Å². The number of rotatable bonds is 9. The number of allylic oxidation sites excluding steroid dienone is 2. The van der Waals surface area contributed by atoms with Crippen LogP contribution in [0.25, 0.3) is 12.2 Å². The molecule has 196 valence electrons. The number of H-pyrrole nitrogens is 2. The number of carboxylic acids is 1. The van der Waals surface area contributed by atoms with Crippen molar-refractivity contribution in [2.75, 3.05) is 0 Å². The second kappa shape index (κ2) is 10.4. The van der Waals surface area contributed by atoms with Crippen LogP contribution >= 0.6 is 0 Å². The Morgan fingerprint density at radius 3 is 2.18 bits per heavy atom. The summed E-state index contributed by atoms with van der Waals surface area (Å²) in [5.74, 6) is -1.19. The molecule has 0 saturated heterocycles. The SMILES string of the molecule is C=CC1=C(C)/C(=C/c2[nH]c(Cc3[nH]c(/C=C4\NC(=O)C(C)=C4C=C)c(C)c3CCC(=O)O)cc2C)NC1=O. The molecule has 2 aliphatic rings. The maximum Gasteiger partial charge on any atom is 0.303 e. The molecule has 5 N–H and O–H groups in total. The van der Waals surface area contributed by atoms with Crippen LogP contribution in [0.15, 0.2) is 65.1 Å². The van der Waals surface area contributed by atoms with Crippen molar-refractivity contribution in [1.29, 1.82) is 0 Å². The molecule has 0 fully saturated rings. The highest BCUT2D eigenvalue weighted by Gasteiger charge is 2.24. The van der Waals surface area contributed by atoms with E-state index in [0.29, 0.717) is 29.7 Å². The number of aromatic amines is 2. The first kappa shape index (κ1) is 26.5. The van der Waals surface area contributed by atoms with E-state index < -0.39 is 5.97 Å². The molecule has 0 aliphatic carbocycles. The van der Waals surface area contributed by atoms with Crippen molar-refractivity contribution in [3.63, 3.8) is 0 Å². The number of aliphatic carboxylic acids is 1. The van der Waals surface area contributed by atoms with Crippen LogP contribution in [0.2, 0.25) is 0 Å². The molecule has 2 aliphatic heterocycles. The van der Waals surface area contributed by atoms with Crippen molar-refractivity contribution in [1.82, 2.24) is 20.6 Å². The van der Waals surface area contributed by atoms with Gasteiger partial charge in [0.2, 0.25) is 0 Å². The molecule has 4 heterocycles. The molecule has 0 atom stereocenters. The Morgan fingerprint density at radius 1 is 0.895 bits per heavy atom. The first-order valence-electron chi connectivity index (χ1n) is 12.4. The lowest BCUT2D eigenvalue weighted by Crippen LogP contribution is -2.15. The van der Waals surface area contributed by atoms with Crippen LogP contribution in [0.3, 0.4) is 0 Å². The second-order valence-electron chi connectivity index (χ2n) is 9.59. The monoisotopic (exact) mass is 512 g/mol. The lowest BCUT2D eigenvalue weighted by Gasteiger charge is -2.04. The van der Waals surface area contributed by atoms with Gasteiger partial charge in [-0.3, -0.25) is 14.4 Å². The second-order valence-corrected chi connectivity index (χ2v) is 9.59. The highest BCUT2D eigenvalue weighted by Crippen LogP contribution is 2.29. The third-order valence-electron chi connectivity index (χ3n) is 7.14. The van der Waals surface area contributed by atoms with Gasteiger partial charge in [-0.1, -0.05) is 25.3 Å². The summed E-state index contributed by atoms with van der Waals surface area (Å²) in [5, 5.41) is 15.1. The number of nitrogens with one attached hydrogen (secondary N) is 4. The summed E-state index contributed by atoms with van der Waals surface area (Å²) in [6.45, 7) is 15.1. The summed E-state index contributed by atoms with van der Waals surface area (Å²) in [6, 6.07) is 2.05. The Balaban J connectivity index is 1.69. The van der Waals surface area contributed by atoms with Crippen molar-refractivity contribution >= 4 is 29.9 Å². The van der Waals surface area contributed by atoms with Gasteiger partial charge in [0, 0.05) is 58.0 Å². The minimum Gasteiger partial charge on any atom is -0.481 e. The van der Waals surface area contributed by atoms with E-state index in [1.165, 1.54) is 0 Å². The van der Waals surface area contributed by atoms with Gasteiger partial charge in [-0.05, 0) is 74.6 Å². The van der Waals surface area contributed by atoms with Gasteiger partial charge in [-0.2, -0.15) is 0 Å². The number of amides is 2. The lowest BCUT2D eigenvalue weighted by molar-refractivity contribution is -0.137. The van der Waals surface area contributed by atoms with Crippen molar-refractivity contribution in [3.05, 3.63) is 105 Å². The Kier molecular flexibility index (Phi) is 7.26. The Morgan fingerprint density at radius 2 is 1.55 bits per heavy atom. The minimum atomic E-state index is -0.863. The Hall–Kier alpha value is -4.59. The molecule has 2 aromatic rings. The maximum absolute atomic E-state index is 12.2. The van der Waals surface area contributed by atoms with Crippen LogP contribution in [0.1, 0.15) is 59.7 Å². The van der Waals surface area contributed by atoms with E-state index >= 15 is 0 Å². The zero-order chi connectivity index (χ0) is 27.7. The average molecular weight is 513 g/mol. The highest BCUT2D eigenvalue weighted by atomic mass is 16.4. The fourth-order valence-corrected chi connectivity index (χ4v) is 4.93. The van der Waals surface area contributed by atoms with Crippen molar-refractivity contribution in [2.24, 2.45) is 0 Å². The van der Waals surface area contributed by atoms with Gasteiger partial charge in [0.15, 0.2) is 0 Å². The van der Waals surface area contributed by atoms with Crippen LogP contribution in [-0.2, 0) is 27.2 Å². The molecule has 2 aromatic heterocycles. The van der Waals surface area contributed by atoms with Crippen LogP contribution in [-0.4, -0.2) is 32.9 Å². The third kappa shape index (κ3) is 4.98. The molecule has 0 bridgehead atoms. The molecular formula is C30H32N4O4. The summed E-state index contributed by atoms with van der Waals surface area (Å²) in [4.78, 5) is 42.6. The topological polar surface area (TPSA) is 127 Å². The summed E-state index contributed by atoms with van der Waals surface area (Å²) >= 11 is 0. The molecule has 8 heteroatoms. The molecule has 8 nitrogen and oxygen atoms in total. The number of carboxylic acid groups (broad SMARTS) is 1. The van der Waals surface area contributed by atoms with Crippen molar-refractivity contribution < 1.29 is 19.5 Å². The molecular weight excluding hydrogens is 480 g/mol. The van der Waals surface area contributed by atoms with Gasteiger partial charge in [0.1, 0.15) is 0 Å². The van der Waals surface area contributed by atoms with Gasteiger partial charge >= 0.3 is 5.97 Å². The van der Waals surface area contributed by atoms with Gasteiger partial charge in [-0.25, -0.2) is 0 Å². The normalized spacial score (nSPS) is 17.6. The molecule has 0 unspecified atom stereocenters. The largest absolute Gasteiger partial charge is 0.481 e. The van der Waals surface area contributed by atoms with Crippen molar-refractivity contribution in [3.8, 4) is 0 Å². The number of aryl methyl sites for hydroxylation is 1. The van der Waals surface area contributed by atoms with E-state index in [-0.39, 0.29) is 18.2 Å². The lowest BCUT2D eigenvalue weighted by atomic mass is 10.0. The van der Waals surface area contributed by atoms with E-state index in [0.717, 1.165) is 56.3 Å². The Bertz CT molecular complexity index is 1520. The first-order valence-corrected chi connectivity index (χ1v) is 12.4. The fraction of sp³-hybridized carbons (Fsp3) is 0.233. The van der Waals surface area contributed by atoms with Crippen LogP contribution < -0.4 is 10.6 Å². The molecule has 0 spiro atoms. The number of carbonyl (C=O) groups is 3. The molecule has 0 radical (unpaired) electrons. The maximum atomic E-state index is 12.2. The van der Waals surface area contributed by atoms with E-state index in [1.54, 1.807) is 19.1 Å². The number of aromatic nitrogens is 2. The standard InChI is InChI=1S/C30H32N4O4/c1-7-20-18(6)29(37)34-27(20)14-24-17(5)22(9-10-28(35)36)26(32-24)12-19-11-15(3)23(31-19)13-25-16(4)21(8-2)30(38)33-25/h7-8,11,13-14,31-32H,1-2,9-10,12H2,3-6H3,(H,33,38)(H,34,37)(H,35,36)/b25-13-,27-14-. The minimum absolute atomic E-state index is 0.00735. The van der Waals surface area contributed by atoms with E-state index in [9.17, 15) is 19.5 Å². The van der Waals surface area contributed by atoms with Crippen LogP contribution in [0.4, 0.5) is 0 Å². The zero-order valence-corrected chi connectivity index (χ0v) is 22.1. The van der Waals surface area contributed by atoms with Crippen LogP contribution in [0, 0.1) is 13.8 Å². The van der Waals surface area contributed by atoms with Crippen LogP contribution in [0.5, 0.6) is 0 Å². The predicted octanol–water partition coefficient (Wildman–Crippen LogP) is 4.51. The van der Waals surface area contributed by atoms with E-state index in [1.807, 2.05) is 39.0 Å². The summed E-state index contributed by atoms with van der Waals surface area (Å²) in [6.07, 6.45) is 7.91. The summed E-state index contributed by atoms with van der Waals surface area (Å²) < 4.78 is 0. The quantitative estimate of drug-likeness (QED) is 0.339. The molecule has 4 rings (SSSR count). The average Bonchev–Trinajstić information content (AvgIpc) is 3.52. The van der Waals surface area contributed by atoms with Gasteiger partial charge < -0.3 is 25.7 Å². The molecule has 2 amide bonds. The summed E-state index contributed by atoms with van der Waals surface area (Å²) in [5.41, 5.74) is 10.6. The zero-order valence-electron chi connectivity index (χ0n) is 22.1. The third-order valence-corrected chi connectivity index (χ3v) is 7.14. The molecule has 38 heavy (non-hydrogen) atoms. The molecule has 0 aromatic carbocycles. The predicted molar refractivity (Wildman–Crippen MR) is 148 cm³/mol. The van der Waals surface area contributed by atoms with Gasteiger partial charge in [0.25, 0.3) is 11.8 Å². The summed E-state index contributed by atoms with van der Waals surface area (Å²) in [7, 11) is 0. The van der Waals surface area contributed by atoms with E-state index in [2.05, 4.69) is 33.8 Å².